The highest BCUT2D eigenvalue weighted by Gasteiger charge is 2.12. The van der Waals surface area contributed by atoms with Crippen LogP contribution in [0.15, 0.2) is 17.2 Å². The molecule has 7 heteroatoms. The normalized spacial score (nSPS) is 10.2. The van der Waals surface area contributed by atoms with Gasteiger partial charge < -0.3 is 19.5 Å². The maximum atomic E-state index is 5.26. The molecule has 6 nitrogen and oxygen atoms in total. The monoisotopic (exact) mass is 297 g/mol. The molecule has 0 aliphatic rings. The minimum Gasteiger partial charge on any atom is -0.493 e. The quantitative estimate of drug-likeness (QED) is 0.472. The Balaban J connectivity index is 2.90. The maximum Gasteiger partial charge on any atom is 0.203 e. The Morgan fingerprint density at radius 2 is 1.80 bits per heavy atom. The second kappa shape index (κ2) is 8.21. The summed E-state index contributed by atoms with van der Waals surface area (Å²) in [5, 5.41) is 7.44. The van der Waals surface area contributed by atoms with Crippen molar-refractivity contribution in [3.8, 4) is 17.2 Å². The van der Waals surface area contributed by atoms with Crippen LogP contribution >= 0.6 is 12.2 Å². The number of nitrogens with one attached hydrogen (secondary N) is 2. The van der Waals surface area contributed by atoms with E-state index in [0.29, 0.717) is 22.4 Å². The Hall–Kier alpha value is -2.02. The van der Waals surface area contributed by atoms with E-state index in [1.54, 1.807) is 39.7 Å². The Bertz CT molecular complexity index is 467. The predicted octanol–water partition coefficient (Wildman–Crippen LogP) is 1.53. The summed E-state index contributed by atoms with van der Waals surface area (Å²) < 4.78 is 15.8. The zero-order chi connectivity index (χ0) is 15.0. The van der Waals surface area contributed by atoms with Crippen LogP contribution in [0.3, 0.4) is 0 Å². The molecule has 0 amide bonds. The van der Waals surface area contributed by atoms with Crippen molar-refractivity contribution in [3.05, 3.63) is 17.7 Å². The topological polar surface area (TPSA) is 64.1 Å². The van der Waals surface area contributed by atoms with E-state index in [4.69, 9.17) is 26.4 Å². The van der Waals surface area contributed by atoms with Crippen LogP contribution in [0.1, 0.15) is 12.5 Å². The van der Waals surface area contributed by atoms with Crippen molar-refractivity contribution >= 4 is 23.5 Å². The van der Waals surface area contributed by atoms with Crippen LogP contribution in [0.5, 0.6) is 17.2 Å². The molecule has 0 aromatic heterocycles. The molecular formula is C13H19N3O3S. The first-order valence-electron chi connectivity index (χ1n) is 6.03. The van der Waals surface area contributed by atoms with E-state index < -0.39 is 0 Å². The third-order valence-electron chi connectivity index (χ3n) is 2.40. The Morgan fingerprint density at radius 1 is 1.20 bits per heavy atom. The summed E-state index contributed by atoms with van der Waals surface area (Å²) in [5.74, 6) is 1.69. The van der Waals surface area contributed by atoms with Gasteiger partial charge in [-0.15, -0.1) is 0 Å². The molecule has 0 aliphatic carbocycles. The third kappa shape index (κ3) is 4.27. The van der Waals surface area contributed by atoms with Crippen LogP contribution in [0.2, 0.25) is 0 Å². The van der Waals surface area contributed by atoms with Crippen molar-refractivity contribution in [2.75, 3.05) is 27.9 Å². The standard InChI is InChI=1S/C13H19N3O3S/c1-5-14-13(20)16-15-8-9-6-10(17-2)12(19-4)11(7-9)18-3/h6-8H,5H2,1-4H3,(H2,14,16,20)/b15-8-. The molecule has 0 aliphatic heterocycles. The molecule has 1 rings (SSSR count). The first-order valence-corrected chi connectivity index (χ1v) is 6.44. The van der Waals surface area contributed by atoms with Crippen molar-refractivity contribution < 1.29 is 14.2 Å². The number of nitrogens with zero attached hydrogens (tertiary/aromatic N) is 1. The third-order valence-corrected chi connectivity index (χ3v) is 2.64. The van der Waals surface area contributed by atoms with Gasteiger partial charge in [0, 0.05) is 12.1 Å². The first kappa shape index (κ1) is 16.0. The van der Waals surface area contributed by atoms with E-state index >= 15 is 0 Å². The second-order valence-electron chi connectivity index (χ2n) is 3.69. The van der Waals surface area contributed by atoms with Crippen LogP contribution in [-0.4, -0.2) is 39.2 Å². The minimum absolute atomic E-state index is 0.469. The highest BCUT2D eigenvalue weighted by Crippen LogP contribution is 2.37. The minimum atomic E-state index is 0.469. The number of thiocarbonyl (C=S) groups is 1. The SMILES string of the molecule is CCNC(=S)N/N=C\c1cc(OC)c(OC)c(OC)c1. The average molecular weight is 297 g/mol. The maximum absolute atomic E-state index is 5.26. The van der Waals surface area contributed by atoms with Crippen molar-refractivity contribution in [2.45, 2.75) is 6.92 Å². The van der Waals surface area contributed by atoms with Gasteiger partial charge >= 0.3 is 0 Å². The van der Waals surface area contributed by atoms with E-state index in [2.05, 4.69) is 15.8 Å². The number of ether oxygens (including phenoxy) is 3. The second-order valence-corrected chi connectivity index (χ2v) is 4.10. The zero-order valence-corrected chi connectivity index (χ0v) is 12.8. The van der Waals surface area contributed by atoms with Crippen LogP contribution < -0.4 is 25.0 Å². The fraction of sp³-hybridized carbons (Fsp3) is 0.385. The van der Waals surface area contributed by atoms with Gasteiger partial charge in [0.1, 0.15) is 0 Å². The lowest BCUT2D eigenvalue weighted by Gasteiger charge is -2.12. The van der Waals surface area contributed by atoms with Gasteiger partial charge in [-0.1, -0.05) is 0 Å². The van der Waals surface area contributed by atoms with Gasteiger partial charge in [-0.05, 0) is 31.3 Å². The number of hydrogen-bond acceptors (Lipinski definition) is 5. The van der Waals surface area contributed by atoms with Crippen LogP contribution in [0.25, 0.3) is 0 Å². The van der Waals surface area contributed by atoms with Crippen molar-refractivity contribution in [1.29, 1.82) is 0 Å². The Kier molecular flexibility index (Phi) is 6.58. The molecule has 0 fully saturated rings. The largest absolute Gasteiger partial charge is 0.493 e. The summed E-state index contributed by atoms with van der Waals surface area (Å²) >= 11 is 5.00. The van der Waals surface area contributed by atoms with Crippen molar-refractivity contribution in [1.82, 2.24) is 10.7 Å². The number of hydrazone groups is 1. The van der Waals surface area contributed by atoms with Gasteiger partial charge in [-0.3, -0.25) is 5.43 Å². The molecular weight excluding hydrogens is 278 g/mol. The molecule has 2 N–H and O–H groups in total. The van der Waals surface area contributed by atoms with Gasteiger partial charge in [0.15, 0.2) is 16.6 Å². The Morgan fingerprint density at radius 3 is 2.25 bits per heavy atom. The summed E-state index contributed by atoms with van der Waals surface area (Å²) in [7, 11) is 4.69. The van der Waals surface area contributed by atoms with Gasteiger partial charge in [0.05, 0.1) is 27.5 Å². The highest BCUT2D eigenvalue weighted by atomic mass is 32.1. The summed E-state index contributed by atoms with van der Waals surface area (Å²) in [6.45, 7) is 2.70. The summed E-state index contributed by atoms with van der Waals surface area (Å²) in [6.07, 6.45) is 1.62. The molecule has 0 heterocycles. The Labute approximate surface area is 124 Å². The summed E-state index contributed by atoms with van der Waals surface area (Å²) in [5.41, 5.74) is 3.51. The van der Waals surface area contributed by atoms with E-state index in [1.165, 1.54) is 0 Å². The number of benzene rings is 1. The fourth-order valence-electron chi connectivity index (χ4n) is 1.54. The highest BCUT2D eigenvalue weighted by molar-refractivity contribution is 7.80. The molecule has 1 aromatic carbocycles. The number of rotatable bonds is 6. The van der Waals surface area contributed by atoms with E-state index in [1.807, 2.05) is 6.92 Å². The number of hydrogen-bond donors (Lipinski definition) is 2. The van der Waals surface area contributed by atoms with E-state index in [-0.39, 0.29) is 0 Å². The molecule has 110 valence electrons. The van der Waals surface area contributed by atoms with Crippen molar-refractivity contribution in [3.63, 3.8) is 0 Å². The summed E-state index contributed by atoms with van der Waals surface area (Å²) in [6, 6.07) is 3.59. The van der Waals surface area contributed by atoms with Gasteiger partial charge in [0.25, 0.3) is 0 Å². The lowest BCUT2D eigenvalue weighted by molar-refractivity contribution is 0.324. The van der Waals surface area contributed by atoms with Gasteiger partial charge in [-0.2, -0.15) is 5.10 Å². The molecule has 0 radical (unpaired) electrons. The average Bonchev–Trinajstić information content (AvgIpc) is 2.46. The molecule has 0 saturated heterocycles. The smallest absolute Gasteiger partial charge is 0.203 e. The molecule has 0 saturated carbocycles. The van der Waals surface area contributed by atoms with Gasteiger partial charge in [0.2, 0.25) is 5.75 Å². The van der Waals surface area contributed by atoms with E-state index in [9.17, 15) is 0 Å². The van der Waals surface area contributed by atoms with Crippen molar-refractivity contribution in [2.24, 2.45) is 5.10 Å². The molecule has 1 aromatic rings. The molecule has 0 spiro atoms. The number of methoxy groups -OCH3 is 3. The molecule has 20 heavy (non-hydrogen) atoms. The molecule has 0 atom stereocenters. The van der Waals surface area contributed by atoms with Gasteiger partial charge in [-0.25, -0.2) is 0 Å². The molecule has 0 bridgehead atoms. The van der Waals surface area contributed by atoms with Crippen LogP contribution in [0.4, 0.5) is 0 Å². The van der Waals surface area contributed by atoms with Crippen LogP contribution in [-0.2, 0) is 0 Å². The first-order chi connectivity index (χ1) is 9.65. The van der Waals surface area contributed by atoms with E-state index in [0.717, 1.165) is 12.1 Å². The summed E-state index contributed by atoms with van der Waals surface area (Å²) in [4.78, 5) is 0. The lowest BCUT2D eigenvalue weighted by atomic mass is 10.2. The predicted molar refractivity (Wildman–Crippen MR) is 83.1 cm³/mol. The zero-order valence-electron chi connectivity index (χ0n) is 12.0. The fourth-order valence-corrected chi connectivity index (χ4v) is 1.74. The van der Waals surface area contributed by atoms with Crippen LogP contribution in [0, 0.1) is 0 Å². The lowest BCUT2D eigenvalue weighted by Crippen LogP contribution is -2.31. The molecule has 0 unspecified atom stereocenters.